The average molecular weight is 330 g/mol. The molecule has 0 aromatic carbocycles. The Balaban J connectivity index is 1.51. The van der Waals surface area contributed by atoms with Crippen molar-refractivity contribution in [2.45, 2.75) is 58.2 Å². The highest BCUT2D eigenvalue weighted by molar-refractivity contribution is 5.93. The molecule has 1 saturated heterocycles. The zero-order chi connectivity index (χ0) is 16.8. The predicted molar refractivity (Wildman–Crippen MR) is 81.5 cm³/mol. The van der Waals surface area contributed by atoms with Gasteiger partial charge in [0.1, 0.15) is 0 Å². The van der Waals surface area contributed by atoms with E-state index >= 15 is 0 Å². The second-order valence-electron chi connectivity index (χ2n) is 7.43. The van der Waals surface area contributed by atoms with E-state index in [1.807, 2.05) is 13.8 Å². The summed E-state index contributed by atoms with van der Waals surface area (Å²) in [5.74, 6) is 0.279. The molecular formula is C17H25F3N2O. The van der Waals surface area contributed by atoms with Crippen LogP contribution in [0.4, 0.5) is 13.2 Å². The molecule has 3 aliphatic rings. The smallest absolute Gasteiger partial charge is 0.374 e. The number of carbonyl (C=O) groups excluding carboxylic acids is 1. The lowest BCUT2D eigenvalue weighted by Crippen LogP contribution is -2.41. The molecule has 3 fully saturated rings. The van der Waals surface area contributed by atoms with Gasteiger partial charge in [0.05, 0.1) is 5.92 Å². The lowest BCUT2D eigenvalue weighted by Gasteiger charge is -2.30. The predicted octanol–water partition coefficient (Wildman–Crippen LogP) is 3.47. The van der Waals surface area contributed by atoms with Gasteiger partial charge in [-0.15, -0.1) is 0 Å². The third-order valence-electron chi connectivity index (χ3n) is 5.86. The largest absolute Gasteiger partial charge is 0.391 e. The molecule has 0 aromatic heterocycles. The van der Waals surface area contributed by atoms with Gasteiger partial charge in [-0.25, -0.2) is 0 Å². The molecule has 1 N–H and O–H groups in total. The molecule has 1 aliphatic heterocycles. The summed E-state index contributed by atoms with van der Waals surface area (Å²) in [6.07, 6.45) is -1.72. The van der Waals surface area contributed by atoms with Crippen molar-refractivity contribution in [1.82, 2.24) is 10.2 Å². The zero-order valence-corrected chi connectivity index (χ0v) is 13.7. The number of amides is 1. The van der Waals surface area contributed by atoms with Crippen molar-refractivity contribution >= 4 is 5.91 Å². The van der Waals surface area contributed by atoms with Crippen LogP contribution in [0.3, 0.4) is 0 Å². The number of halogens is 3. The zero-order valence-electron chi connectivity index (χ0n) is 13.7. The van der Waals surface area contributed by atoms with Gasteiger partial charge in [0.2, 0.25) is 5.91 Å². The number of likely N-dealkylation sites (tertiary alicyclic amines) is 1. The van der Waals surface area contributed by atoms with E-state index in [-0.39, 0.29) is 24.8 Å². The minimum atomic E-state index is -4.10. The first-order chi connectivity index (χ1) is 10.8. The molecule has 0 spiro atoms. The average Bonchev–Trinajstić information content (AvgIpc) is 3.11. The van der Waals surface area contributed by atoms with Crippen LogP contribution >= 0.6 is 0 Å². The van der Waals surface area contributed by atoms with Crippen molar-refractivity contribution in [1.29, 1.82) is 0 Å². The number of carbonyl (C=O) groups is 1. The fourth-order valence-electron chi connectivity index (χ4n) is 3.93. The van der Waals surface area contributed by atoms with E-state index in [1.165, 1.54) is 6.42 Å². The quantitative estimate of drug-likeness (QED) is 0.804. The van der Waals surface area contributed by atoms with Crippen LogP contribution in [0.5, 0.6) is 0 Å². The summed E-state index contributed by atoms with van der Waals surface area (Å²) in [6, 6.07) is -0.129. The van der Waals surface area contributed by atoms with Crippen LogP contribution in [-0.2, 0) is 4.79 Å². The SMILES string of the molecule is C/C(C(=O)N[C@H]1CC[C@H](C(F)(F)F)CC1)=C(\C)N1CC2CC2C1. The van der Waals surface area contributed by atoms with Crippen molar-refractivity contribution in [3.63, 3.8) is 0 Å². The monoisotopic (exact) mass is 330 g/mol. The summed E-state index contributed by atoms with van der Waals surface area (Å²) in [4.78, 5) is 14.6. The van der Waals surface area contributed by atoms with E-state index in [2.05, 4.69) is 10.2 Å². The molecule has 3 rings (SSSR count). The molecule has 0 aromatic rings. The van der Waals surface area contributed by atoms with Crippen LogP contribution in [-0.4, -0.2) is 36.1 Å². The van der Waals surface area contributed by atoms with Gasteiger partial charge in [0.15, 0.2) is 0 Å². The number of piperidine rings is 1. The van der Waals surface area contributed by atoms with E-state index in [0.29, 0.717) is 18.4 Å². The summed E-state index contributed by atoms with van der Waals surface area (Å²) in [6.45, 7) is 5.87. The number of fused-ring (bicyclic) bond motifs is 1. The fraction of sp³-hybridized carbons (Fsp3) is 0.824. The number of allylic oxidation sites excluding steroid dienone is 1. The minimum Gasteiger partial charge on any atom is -0.374 e. The molecule has 2 saturated carbocycles. The highest BCUT2D eigenvalue weighted by atomic mass is 19.4. The van der Waals surface area contributed by atoms with Crippen LogP contribution in [0.1, 0.15) is 46.0 Å². The summed E-state index contributed by atoms with van der Waals surface area (Å²) >= 11 is 0. The lowest BCUT2D eigenvalue weighted by atomic mass is 9.85. The van der Waals surface area contributed by atoms with E-state index in [9.17, 15) is 18.0 Å². The Bertz CT molecular complexity index is 496. The molecule has 3 nitrogen and oxygen atoms in total. The first-order valence-corrected chi connectivity index (χ1v) is 8.55. The number of hydrogen-bond donors (Lipinski definition) is 1. The Morgan fingerprint density at radius 1 is 1.04 bits per heavy atom. The van der Waals surface area contributed by atoms with Gasteiger partial charge in [-0.05, 0) is 57.8 Å². The number of nitrogens with zero attached hydrogens (tertiary/aromatic N) is 1. The molecule has 1 amide bonds. The number of rotatable bonds is 3. The molecule has 130 valence electrons. The van der Waals surface area contributed by atoms with Gasteiger partial charge in [-0.1, -0.05) is 0 Å². The Hall–Kier alpha value is -1.20. The number of nitrogens with one attached hydrogen (secondary N) is 1. The van der Waals surface area contributed by atoms with Crippen molar-refractivity contribution < 1.29 is 18.0 Å². The maximum Gasteiger partial charge on any atom is 0.391 e. The molecule has 2 atom stereocenters. The van der Waals surface area contributed by atoms with Crippen molar-refractivity contribution in [3.05, 3.63) is 11.3 Å². The van der Waals surface area contributed by atoms with E-state index in [1.54, 1.807) is 0 Å². The topological polar surface area (TPSA) is 32.3 Å². The van der Waals surface area contributed by atoms with Crippen LogP contribution in [0, 0.1) is 17.8 Å². The van der Waals surface area contributed by atoms with E-state index < -0.39 is 12.1 Å². The van der Waals surface area contributed by atoms with Gasteiger partial charge in [0, 0.05) is 30.4 Å². The van der Waals surface area contributed by atoms with E-state index in [4.69, 9.17) is 0 Å². The van der Waals surface area contributed by atoms with Gasteiger partial charge < -0.3 is 10.2 Å². The van der Waals surface area contributed by atoms with Crippen molar-refractivity contribution in [3.8, 4) is 0 Å². The van der Waals surface area contributed by atoms with Crippen molar-refractivity contribution in [2.75, 3.05) is 13.1 Å². The van der Waals surface area contributed by atoms with Crippen LogP contribution in [0.2, 0.25) is 0 Å². The molecule has 23 heavy (non-hydrogen) atoms. The summed E-state index contributed by atoms with van der Waals surface area (Å²) in [5.41, 5.74) is 1.71. The Kier molecular flexibility index (Phi) is 4.36. The molecule has 2 aliphatic carbocycles. The standard InChI is InChI=1S/C17H25F3N2O/c1-10(11(2)22-8-12-7-13(12)9-22)16(23)21-15-5-3-14(4-6-15)17(18,19)20/h12-15H,3-9H2,1-2H3,(H,21,23)/b11-10-/t12?,13?,14-,15-. The molecule has 0 radical (unpaired) electrons. The first-order valence-electron chi connectivity index (χ1n) is 8.55. The second kappa shape index (κ2) is 6.02. The molecule has 0 bridgehead atoms. The molecular weight excluding hydrogens is 305 g/mol. The third kappa shape index (κ3) is 3.66. The maximum absolute atomic E-state index is 12.7. The third-order valence-corrected chi connectivity index (χ3v) is 5.86. The number of hydrogen-bond acceptors (Lipinski definition) is 2. The number of alkyl halides is 3. The second-order valence-corrected chi connectivity index (χ2v) is 7.43. The molecule has 1 heterocycles. The fourth-order valence-corrected chi connectivity index (χ4v) is 3.93. The molecule has 2 unspecified atom stereocenters. The van der Waals surface area contributed by atoms with Crippen LogP contribution in [0.25, 0.3) is 0 Å². The highest BCUT2D eigenvalue weighted by Crippen LogP contribution is 2.46. The van der Waals surface area contributed by atoms with Gasteiger partial charge in [-0.2, -0.15) is 13.2 Å². The lowest BCUT2D eigenvalue weighted by molar-refractivity contribution is -0.182. The normalized spacial score (nSPS) is 34.7. The summed E-state index contributed by atoms with van der Waals surface area (Å²) in [5, 5.41) is 2.93. The summed E-state index contributed by atoms with van der Waals surface area (Å²) < 4.78 is 38.0. The highest BCUT2D eigenvalue weighted by Gasteiger charge is 2.45. The minimum absolute atomic E-state index is 0.117. The van der Waals surface area contributed by atoms with Gasteiger partial charge in [-0.3, -0.25) is 4.79 Å². The molecule has 6 heteroatoms. The van der Waals surface area contributed by atoms with Gasteiger partial charge in [0.25, 0.3) is 0 Å². The van der Waals surface area contributed by atoms with Crippen molar-refractivity contribution in [2.24, 2.45) is 17.8 Å². The van der Waals surface area contributed by atoms with Crippen LogP contribution < -0.4 is 5.32 Å². The Morgan fingerprint density at radius 3 is 2.13 bits per heavy atom. The Morgan fingerprint density at radius 2 is 1.61 bits per heavy atom. The Labute approximate surface area is 135 Å². The van der Waals surface area contributed by atoms with Crippen LogP contribution in [0.15, 0.2) is 11.3 Å². The summed E-state index contributed by atoms with van der Waals surface area (Å²) in [7, 11) is 0. The van der Waals surface area contributed by atoms with Gasteiger partial charge >= 0.3 is 6.18 Å². The van der Waals surface area contributed by atoms with E-state index in [0.717, 1.165) is 30.6 Å². The first kappa shape index (κ1) is 16.7. The maximum atomic E-state index is 12.7.